The van der Waals surface area contributed by atoms with Crippen molar-refractivity contribution < 1.29 is 19.4 Å². The van der Waals surface area contributed by atoms with Crippen LogP contribution in [-0.2, 0) is 18.3 Å². The summed E-state index contributed by atoms with van der Waals surface area (Å²) in [5.41, 5.74) is 3.29. The molecule has 1 aromatic heterocycles. The average molecular weight is 553 g/mol. The molecule has 39 heavy (non-hydrogen) atoms. The third-order valence-corrected chi connectivity index (χ3v) is 7.26. The number of aromatic nitrogens is 2. The first-order valence-corrected chi connectivity index (χ1v) is 13.8. The van der Waals surface area contributed by atoms with E-state index in [2.05, 4.69) is 5.32 Å². The Bertz CT molecular complexity index is 1300. The van der Waals surface area contributed by atoms with E-state index in [-0.39, 0.29) is 36.6 Å². The molecule has 4 rings (SSSR count). The van der Waals surface area contributed by atoms with Gasteiger partial charge in [-0.15, -0.1) is 0 Å². The van der Waals surface area contributed by atoms with Crippen molar-refractivity contribution in [1.29, 1.82) is 0 Å². The summed E-state index contributed by atoms with van der Waals surface area (Å²) < 4.78 is 7.63. The molecule has 1 aliphatic heterocycles. The van der Waals surface area contributed by atoms with Gasteiger partial charge in [-0.2, -0.15) is 0 Å². The summed E-state index contributed by atoms with van der Waals surface area (Å²) in [6.45, 7) is 6.58. The molecule has 2 amide bonds. The molecule has 2 heterocycles. The Kier molecular flexibility index (Phi) is 9.30. The van der Waals surface area contributed by atoms with E-state index in [9.17, 15) is 14.7 Å². The van der Waals surface area contributed by atoms with Gasteiger partial charge in [-0.25, -0.2) is 4.98 Å². The molecular weight excluding hydrogens is 516 g/mol. The van der Waals surface area contributed by atoms with E-state index in [1.165, 1.54) is 0 Å². The van der Waals surface area contributed by atoms with E-state index in [1.807, 2.05) is 67.7 Å². The standard InChI is InChI=1S/C30H37ClN4O4/c1-19(2)39-27-12-11-23(17-25(27)31)30(38)32-24(13-15-36)16-21-7-9-22(10-8-21)26-18-34(4)29(33-26)20(3)35-14-5-6-28(35)37/h7-12,17-20,24,36H,5-6,13-16H2,1-4H3,(H,32,38)/t20-,24?/m0/s1. The fourth-order valence-electron chi connectivity index (χ4n) is 4.96. The first-order chi connectivity index (χ1) is 18.7. The molecule has 0 spiro atoms. The molecule has 2 atom stereocenters. The van der Waals surface area contributed by atoms with Crippen LogP contribution in [0.1, 0.15) is 67.8 Å². The molecule has 208 valence electrons. The maximum Gasteiger partial charge on any atom is 0.251 e. The van der Waals surface area contributed by atoms with Gasteiger partial charge in [0.05, 0.1) is 22.9 Å². The third-order valence-electron chi connectivity index (χ3n) is 6.96. The van der Waals surface area contributed by atoms with Crippen LogP contribution in [0.2, 0.25) is 5.02 Å². The zero-order valence-electron chi connectivity index (χ0n) is 23.0. The number of carbonyl (C=O) groups is 2. The number of likely N-dealkylation sites (tertiary alicyclic amines) is 1. The number of aryl methyl sites for hydroxylation is 1. The summed E-state index contributed by atoms with van der Waals surface area (Å²) in [5.74, 6) is 1.32. The van der Waals surface area contributed by atoms with E-state index in [4.69, 9.17) is 21.3 Å². The van der Waals surface area contributed by atoms with Crippen molar-refractivity contribution in [3.8, 4) is 17.0 Å². The molecule has 0 saturated carbocycles. The maximum atomic E-state index is 12.9. The molecule has 0 radical (unpaired) electrons. The SMILES string of the molecule is CC(C)Oc1ccc(C(=O)NC(CCO)Cc2ccc(-c3cn(C)c([C@H](C)N4CCCC4=O)n3)cc2)cc1Cl. The fourth-order valence-corrected chi connectivity index (χ4v) is 5.19. The van der Waals surface area contributed by atoms with E-state index in [1.54, 1.807) is 18.2 Å². The number of imidazole rings is 1. The second-order valence-corrected chi connectivity index (χ2v) is 10.8. The maximum absolute atomic E-state index is 12.9. The summed E-state index contributed by atoms with van der Waals surface area (Å²) in [6, 6.07) is 12.7. The van der Waals surface area contributed by atoms with Gasteiger partial charge < -0.3 is 24.6 Å². The lowest BCUT2D eigenvalue weighted by molar-refractivity contribution is -0.129. The van der Waals surface area contributed by atoms with Crippen molar-refractivity contribution >= 4 is 23.4 Å². The minimum absolute atomic E-state index is 0.0219. The monoisotopic (exact) mass is 552 g/mol. The van der Waals surface area contributed by atoms with Crippen LogP contribution >= 0.6 is 11.6 Å². The van der Waals surface area contributed by atoms with Gasteiger partial charge >= 0.3 is 0 Å². The second kappa shape index (κ2) is 12.7. The predicted octanol–water partition coefficient (Wildman–Crippen LogP) is 4.93. The zero-order valence-corrected chi connectivity index (χ0v) is 23.7. The first kappa shape index (κ1) is 28.6. The lowest BCUT2D eigenvalue weighted by Gasteiger charge is -2.23. The van der Waals surface area contributed by atoms with Crippen LogP contribution in [0.3, 0.4) is 0 Å². The highest BCUT2D eigenvalue weighted by Crippen LogP contribution is 2.28. The van der Waals surface area contributed by atoms with E-state index in [0.29, 0.717) is 35.6 Å². The number of amides is 2. The smallest absolute Gasteiger partial charge is 0.251 e. The van der Waals surface area contributed by atoms with Gasteiger partial charge in [0.25, 0.3) is 5.91 Å². The Labute approximate surface area is 234 Å². The Balaban J connectivity index is 1.42. The number of hydrogen-bond donors (Lipinski definition) is 2. The van der Waals surface area contributed by atoms with E-state index >= 15 is 0 Å². The largest absolute Gasteiger partial charge is 0.489 e. The molecule has 1 aliphatic rings. The summed E-state index contributed by atoms with van der Waals surface area (Å²) in [4.78, 5) is 31.9. The molecule has 2 N–H and O–H groups in total. The summed E-state index contributed by atoms with van der Waals surface area (Å²) in [5, 5.41) is 13.0. The molecule has 0 bridgehead atoms. The Hall–Kier alpha value is -3.36. The van der Waals surface area contributed by atoms with Gasteiger partial charge in [-0.1, -0.05) is 35.9 Å². The minimum atomic E-state index is -0.255. The number of rotatable bonds is 11. The van der Waals surface area contributed by atoms with Crippen LogP contribution in [0, 0.1) is 0 Å². The number of halogens is 1. The van der Waals surface area contributed by atoms with Gasteiger partial charge in [-0.05, 0) is 63.8 Å². The van der Waals surface area contributed by atoms with Gasteiger partial charge in [0.1, 0.15) is 11.6 Å². The Morgan fingerprint density at radius 2 is 1.92 bits per heavy atom. The molecule has 8 nitrogen and oxygen atoms in total. The number of aliphatic hydroxyl groups is 1. The van der Waals surface area contributed by atoms with Gasteiger partial charge in [-0.3, -0.25) is 9.59 Å². The number of aliphatic hydroxyl groups excluding tert-OH is 1. The van der Waals surface area contributed by atoms with Crippen LogP contribution in [-0.4, -0.2) is 56.7 Å². The van der Waals surface area contributed by atoms with Crippen LogP contribution in [0.15, 0.2) is 48.7 Å². The van der Waals surface area contributed by atoms with Gasteiger partial charge in [0.15, 0.2) is 0 Å². The molecule has 1 unspecified atom stereocenters. The van der Waals surface area contributed by atoms with Crippen molar-refractivity contribution in [3.05, 3.63) is 70.6 Å². The van der Waals surface area contributed by atoms with Crippen LogP contribution in [0.4, 0.5) is 0 Å². The van der Waals surface area contributed by atoms with Gasteiger partial charge in [0, 0.05) is 50.0 Å². The van der Waals surface area contributed by atoms with Crippen molar-refractivity contribution in [2.75, 3.05) is 13.2 Å². The highest BCUT2D eigenvalue weighted by molar-refractivity contribution is 6.32. The molecule has 1 saturated heterocycles. The highest BCUT2D eigenvalue weighted by atomic mass is 35.5. The van der Waals surface area contributed by atoms with Crippen LogP contribution < -0.4 is 10.1 Å². The molecule has 3 aromatic rings. The fraction of sp³-hybridized carbons (Fsp3) is 0.433. The molecule has 0 aliphatic carbocycles. The number of carbonyl (C=O) groups excluding carboxylic acids is 2. The molecule has 1 fully saturated rings. The van der Waals surface area contributed by atoms with Crippen molar-refractivity contribution in [1.82, 2.24) is 19.8 Å². The molecule has 9 heteroatoms. The van der Waals surface area contributed by atoms with Crippen LogP contribution in [0.5, 0.6) is 5.75 Å². The molecular formula is C30H37ClN4O4. The third kappa shape index (κ3) is 6.99. The normalized spacial score (nSPS) is 15.1. The minimum Gasteiger partial charge on any atom is -0.489 e. The number of benzene rings is 2. The van der Waals surface area contributed by atoms with Crippen molar-refractivity contribution in [2.45, 2.75) is 64.6 Å². The quantitative estimate of drug-likeness (QED) is 0.351. The number of hydrogen-bond acceptors (Lipinski definition) is 5. The first-order valence-electron chi connectivity index (χ1n) is 13.5. The van der Waals surface area contributed by atoms with E-state index < -0.39 is 0 Å². The number of nitrogens with one attached hydrogen (secondary N) is 1. The number of ether oxygens (including phenoxy) is 1. The summed E-state index contributed by atoms with van der Waals surface area (Å²) >= 11 is 6.31. The predicted molar refractivity (Wildman–Crippen MR) is 152 cm³/mol. The Morgan fingerprint density at radius 1 is 1.18 bits per heavy atom. The summed E-state index contributed by atoms with van der Waals surface area (Å²) in [7, 11) is 1.96. The van der Waals surface area contributed by atoms with Gasteiger partial charge in [0.2, 0.25) is 5.91 Å². The van der Waals surface area contributed by atoms with E-state index in [0.717, 1.165) is 35.6 Å². The lowest BCUT2D eigenvalue weighted by atomic mass is 10.0. The highest BCUT2D eigenvalue weighted by Gasteiger charge is 2.28. The average Bonchev–Trinajstić information content (AvgIpc) is 3.50. The topological polar surface area (TPSA) is 96.7 Å². The second-order valence-electron chi connectivity index (χ2n) is 10.4. The molecule has 2 aromatic carbocycles. The number of nitrogens with zero attached hydrogens (tertiary/aromatic N) is 3. The van der Waals surface area contributed by atoms with Crippen molar-refractivity contribution in [2.24, 2.45) is 7.05 Å². The summed E-state index contributed by atoms with van der Waals surface area (Å²) in [6.07, 6.45) is 4.45. The lowest BCUT2D eigenvalue weighted by Crippen LogP contribution is -2.37. The zero-order chi connectivity index (χ0) is 28.1. The van der Waals surface area contributed by atoms with Crippen LogP contribution in [0.25, 0.3) is 11.3 Å². The Morgan fingerprint density at radius 3 is 2.54 bits per heavy atom. The van der Waals surface area contributed by atoms with Crippen molar-refractivity contribution in [3.63, 3.8) is 0 Å².